The Balaban J connectivity index is 2.05. The summed E-state index contributed by atoms with van der Waals surface area (Å²) in [4.78, 5) is 22.4. The van der Waals surface area contributed by atoms with Gasteiger partial charge in [0.25, 0.3) is 11.6 Å². The molecule has 2 N–H and O–H groups in total. The highest BCUT2D eigenvalue weighted by atomic mass is 16.6. The van der Waals surface area contributed by atoms with Crippen molar-refractivity contribution in [1.82, 2.24) is 9.88 Å². The van der Waals surface area contributed by atoms with Crippen molar-refractivity contribution in [2.45, 2.75) is 38.8 Å². The zero-order chi connectivity index (χ0) is 14.9. The summed E-state index contributed by atoms with van der Waals surface area (Å²) in [7, 11) is 0. The Bertz CT molecular complexity index is 518. The van der Waals surface area contributed by atoms with Crippen molar-refractivity contribution in [3.63, 3.8) is 0 Å². The van der Waals surface area contributed by atoms with E-state index in [9.17, 15) is 20.0 Å². The zero-order valence-electron chi connectivity index (χ0n) is 11.6. The van der Waals surface area contributed by atoms with Crippen LogP contribution in [0.4, 0.5) is 5.69 Å². The van der Waals surface area contributed by atoms with Crippen LogP contribution in [0.1, 0.15) is 43.2 Å². The summed E-state index contributed by atoms with van der Waals surface area (Å²) < 4.78 is 1.60. The lowest BCUT2D eigenvalue weighted by Gasteiger charge is -2.31. The summed E-state index contributed by atoms with van der Waals surface area (Å²) in [5, 5.41) is 22.8. The van der Waals surface area contributed by atoms with E-state index in [1.165, 1.54) is 12.3 Å². The van der Waals surface area contributed by atoms with Gasteiger partial charge in [0.1, 0.15) is 5.69 Å². The molecule has 0 saturated heterocycles. The van der Waals surface area contributed by atoms with E-state index in [0.29, 0.717) is 31.0 Å². The topological polar surface area (TPSA) is 97.4 Å². The van der Waals surface area contributed by atoms with Crippen LogP contribution in [0.25, 0.3) is 0 Å². The number of amides is 1. The summed E-state index contributed by atoms with van der Waals surface area (Å²) in [5.41, 5.74) is 0.217. The van der Waals surface area contributed by atoms with Crippen molar-refractivity contribution in [2.75, 3.05) is 6.54 Å². The standard InChI is InChI=1S/C13H19N3O4/c1-8(2)15-7-10(16(19)20)5-12(15)13(18)14-6-9-3-11(17)4-9/h5,7-9,11,17H,3-4,6H2,1-2H3,(H,14,18). The van der Waals surface area contributed by atoms with Gasteiger partial charge in [0.2, 0.25) is 0 Å². The highest BCUT2D eigenvalue weighted by Gasteiger charge is 2.28. The Labute approximate surface area is 116 Å². The van der Waals surface area contributed by atoms with Gasteiger partial charge in [0, 0.05) is 18.7 Å². The van der Waals surface area contributed by atoms with E-state index in [-0.39, 0.29) is 23.7 Å². The van der Waals surface area contributed by atoms with Crippen LogP contribution in [0.3, 0.4) is 0 Å². The number of nitrogens with zero attached hydrogens (tertiary/aromatic N) is 2. The minimum Gasteiger partial charge on any atom is -0.393 e. The second-order valence-electron chi connectivity index (χ2n) is 5.54. The number of carbonyl (C=O) groups excluding carboxylic acids is 1. The lowest BCUT2D eigenvalue weighted by atomic mass is 9.82. The van der Waals surface area contributed by atoms with Gasteiger partial charge in [-0.15, -0.1) is 0 Å². The van der Waals surface area contributed by atoms with Crippen LogP contribution in [0.5, 0.6) is 0 Å². The number of aliphatic hydroxyl groups excluding tert-OH is 1. The molecule has 1 fully saturated rings. The van der Waals surface area contributed by atoms with Crippen LogP contribution in [0, 0.1) is 16.0 Å². The first-order chi connectivity index (χ1) is 9.38. The van der Waals surface area contributed by atoms with Gasteiger partial charge in [0.05, 0.1) is 17.2 Å². The fourth-order valence-electron chi connectivity index (χ4n) is 2.37. The van der Waals surface area contributed by atoms with E-state index < -0.39 is 4.92 Å². The van der Waals surface area contributed by atoms with Crippen LogP contribution in [0.2, 0.25) is 0 Å². The summed E-state index contributed by atoms with van der Waals surface area (Å²) >= 11 is 0. The van der Waals surface area contributed by atoms with Gasteiger partial charge in [-0.1, -0.05) is 0 Å². The Morgan fingerprint density at radius 1 is 1.60 bits per heavy atom. The van der Waals surface area contributed by atoms with Crippen molar-refractivity contribution in [2.24, 2.45) is 5.92 Å². The third-order valence-corrected chi connectivity index (χ3v) is 3.60. The van der Waals surface area contributed by atoms with Gasteiger partial charge in [-0.2, -0.15) is 0 Å². The predicted molar refractivity (Wildman–Crippen MR) is 72.5 cm³/mol. The third kappa shape index (κ3) is 2.98. The molecule has 0 bridgehead atoms. The number of nitrogens with one attached hydrogen (secondary N) is 1. The largest absolute Gasteiger partial charge is 0.393 e. The van der Waals surface area contributed by atoms with Crippen molar-refractivity contribution >= 4 is 11.6 Å². The normalized spacial score (nSPS) is 21.6. The Morgan fingerprint density at radius 2 is 2.25 bits per heavy atom. The number of aliphatic hydroxyl groups is 1. The Morgan fingerprint density at radius 3 is 2.75 bits per heavy atom. The maximum Gasteiger partial charge on any atom is 0.287 e. The van der Waals surface area contributed by atoms with Crippen LogP contribution in [-0.4, -0.2) is 33.2 Å². The molecular weight excluding hydrogens is 262 g/mol. The molecule has 1 aliphatic rings. The highest BCUT2D eigenvalue weighted by Crippen LogP contribution is 2.26. The molecule has 0 atom stereocenters. The number of aromatic nitrogens is 1. The molecule has 110 valence electrons. The molecule has 0 spiro atoms. The number of rotatable bonds is 5. The Kier molecular flexibility index (Phi) is 4.08. The molecule has 7 heteroatoms. The van der Waals surface area contributed by atoms with Crippen LogP contribution < -0.4 is 5.32 Å². The molecule has 0 aliphatic heterocycles. The molecule has 2 rings (SSSR count). The average Bonchev–Trinajstić information content (AvgIpc) is 2.78. The van der Waals surface area contributed by atoms with Crippen molar-refractivity contribution in [1.29, 1.82) is 0 Å². The van der Waals surface area contributed by atoms with Crippen molar-refractivity contribution in [3.8, 4) is 0 Å². The van der Waals surface area contributed by atoms with E-state index in [2.05, 4.69) is 5.32 Å². The molecule has 0 radical (unpaired) electrons. The lowest BCUT2D eigenvalue weighted by Crippen LogP contribution is -2.38. The minimum absolute atomic E-state index is 0.0324. The number of nitro groups is 1. The fraction of sp³-hybridized carbons (Fsp3) is 0.615. The lowest BCUT2D eigenvalue weighted by molar-refractivity contribution is -0.384. The quantitative estimate of drug-likeness (QED) is 0.631. The number of hydrogen-bond donors (Lipinski definition) is 2. The fourth-order valence-corrected chi connectivity index (χ4v) is 2.37. The summed E-state index contributed by atoms with van der Waals surface area (Å²) in [6.45, 7) is 4.22. The van der Waals surface area contributed by atoms with Gasteiger partial charge in [0.15, 0.2) is 0 Å². The van der Waals surface area contributed by atoms with Crippen LogP contribution >= 0.6 is 0 Å². The molecular formula is C13H19N3O4. The van der Waals surface area contributed by atoms with E-state index in [4.69, 9.17) is 0 Å². The van der Waals surface area contributed by atoms with Gasteiger partial charge >= 0.3 is 0 Å². The molecule has 20 heavy (non-hydrogen) atoms. The number of hydrogen-bond acceptors (Lipinski definition) is 4. The molecule has 1 saturated carbocycles. The second-order valence-corrected chi connectivity index (χ2v) is 5.54. The summed E-state index contributed by atoms with van der Waals surface area (Å²) in [6, 6.07) is 1.26. The van der Waals surface area contributed by atoms with E-state index in [1.807, 2.05) is 13.8 Å². The van der Waals surface area contributed by atoms with E-state index in [0.717, 1.165) is 0 Å². The first-order valence-electron chi connectivity index (χ1n) is 6.71. The average molecular weight is 281 g/mol. The van der Waals surface area contributed by atoms with Crippen molar-refractivity contribution in [3.05, 3.63) is 28.1 Å². The first kappa shape index (κ1) is 14.5. The summed E-state index contributed by atoms with van der Waals surface area (Å²) in [5.74, 6) is -0.0143. The molecule has 1 aromatic heterocycles. The van der Waals surface area contributed by atoms with Crippen molar-refractivity contribution < 1.29 is 14.8 Å². The minimum atomic E-state index is -0.502. The smallest absolute Gasteiger partial charge is 0.287 e. The van der Waals surface area contributed by atoms with E-state index >= 15 is 0 Å². The second kappa shape index (κ2) is 5.62. The molecule has 1 aliphatic carbocycles. The number of carbonyl (C=O) groups is 1. The maximum atomic E-state index is 12.1. The molecule has 0 unspecified atom stereocenters. The molecule has 1 aromatic rings. The third-order valence-electron chi connectivity index (χ3n) is 3.60. The van der Waals surface area contributed by atoms with Gasteiger partial charge in [-0.3, -0.25) is 14.9 Å². The maximum absolute atomic E-state index is 12.1. The SMILES string of the molecule is CC(C)n1cc([N+](=O)[O-])cc1C(=O)NCC1CC(O)C1. The predicted octanol–water partition coefficient (Wildman–Crippen LogP) is 1.48. The molecule has 1 amide bonds. The van der Waals surface area contributed by atoms with E-state index in [1.54, 1.807) is 4.57 Å². The van der Waals surface area contributed by atoms with Crippen LogP contribution in [-0.2, 0) is 0 Å². The molecule has 1 heterocycles. The Hall–Kier alpha value is -1.89. The first-order valence-corrected chi connectivity index (χ1v) is 6.71. The van der Waals surface area contributed by atoms with Gasteiger partial charge in [-0.05, 0) is 32.6 Å². The van der Waals surface area contributed by atoms with Gasteiger partial charge < -0.3 is 15.0 Å². The highest BCUT2D eigenvalue weighted by molar-refractivity contribution is 5.93. The molecule has 0 aromatic carbocycles. The summed E-state index contributed by atoms with van der Waals surface area (Å²) in [6.07, 6.45) is 2.53. The van der Waals surface area contributed by atoms with Gasteiger partial charge in [-0.25, -0.2) is 0 Å². The monoisotopic (exact) mass is 281 g/mol. The van der Waals surface area contributed by atoms with Crippen LogP contribution in [0.15, 0.2) is 12.3 Å². The molecule has 7 nitrogen and oxygen atoms in total. The zero-order valence-corrected chi connectivity index (χ0v) is 11.6.